The van der Waals surface area contributed by atoms with Gasteiger partial charge in [-0.25, -0.2) is 4.79 Å². The Balaban J connectivity index is 1.81. The number of hydrogen-bond donors (Lipinski definition) is 1. The fourth-order valence-corrected chi connectivity index (χ4v) is 4.92. The highest BCUT2D eigenvalue weighted by molar-refractivity contribution is 6.11. The van der Waals surface area contributed by atoms with Crippen molar-refractivity contribution in [3.8, 4) is 0 Å². The normalized spacial score (nSPS) is 26.0. The van der Waals surface area contributed by atoms with Crippen LogP contribution in [0.15, 0.2) is 6.07 Å². The number of methoxy groups -OCH3 is 1. The maximum absolute atomic E-state index is 13.1. The Labute approximate surface area is 166 Å². The highest BCUT2D eigenvalue weighted by atomic mass is 16.5. The number of ketones is 1. The van der Waals surface area contributed by atoms with Crippen LogP contribution in [0.3, 0.4) is 0 Å². The summed E-state index contributed by atoms with van der Waals surface area (Å²) in [5.41, 5.74) is 1.51. The summed E-state index contributed by atoms with van der Waals surface area (Å²) in [6.45, 7) is 8.20. The summed E-state index contributed by atoms with van der Waals surface area (Å²) in [4.78, 5) is 39.7. The third-order valence-corrected chi connectivity index (χ3v) is 6.44. The lowest BCUT2D eigenvalue weighted by atomic mass is 9.73. The van der Waals surface area contributed by atoms with Gasteiger partial charge in [-0.2, -0.15) is 0 Å². The van der Waals surface area contributed by atoms with Crippen LogP contribution >= 0.6 is 0 Å². The number of rotatable bonds is 6. The first-order valence-corrected chi connectivity index (χ1v) is 10.1. The number of ether oxygens (including phenoxy) is 1. The van der Waals surface area contributed by atoms with Crippen molar-refractivity contribution < 1.29 is 19.1 Å². The molecule has 28 heavy (non-hydrogen) atoms. The van der Waals surface area contributed by atoms with Gasteiger partial charge in [0.05, 0.1) is 19.2 Å². The van der Waals surface area contributed by atoms with Crippen molar-refractivity contribution in [2.24, 2.45) is 5.92 Å². The molecule has 1 aromatic heterocycles. The molecule has 3 atom stereocenters. The van der Waals surface area contributed by atoms with E-state index in [1.807, 2.05) is 33.8 Å². The average Bonchev–Trinajstić information content (AvgIpc) is 3.06. The first-order valence-electron chi connectivity index (χ1n) is 10.1. The molecule has 1 saturated carbocycles. The average molecular weight is 389 g/mol. The molecule has 1 spiro atoms. The first-order chi connectivity index (χ1) is 13.2. The molecule has 3 amide bonds. The maximum atomic E-state index is 13.1. The predicted molar refractivity (Wildman–Crippen MR) is 105 cm³/mol. The van der Waals surface area contributed by atoms with Crippen LogP contribution < -0.4 is 5.32 Å². The van der Waals surface area contributed by atoms with Crippen molar-refractivity contribution in [3.05, 3.63) is 23.0 Å². The number of aryl methyl sites for hydroxylation is 1. The van der Waals surface area contributed by atoms with Crippen molar-refractivity contribution in [1.29, 1.82) is 0 Å². The monoisotopic (exact) mass is 389 g/mol. The fourth-order valence-electron chi connectivity index (χ4n) is 4.92. The highest BCUT2D eigenvalue weighted by Crippen LogP contribution is 2.38. The second-order valence-corrected chi connectivity index (χ2v) is 8.32. The lowest BCUT2D eigenvalue weighted by molar-refractivity contribution is -0.133. The largest absolute Gasteiger partial charge is 0.383 e. The summed E-state index contributed by atoms with van der Waals surface area (Å²) in [5, 5.41) is 2.91. The summed E-state index contributed by atoms with van der Waals surface area (Å²) in [5.74, 6) is -0.384. The van der Waals surface area contributed by atoms with E-state index in [9.17, 15) is 14.4 Å². The molecule has 0 bridgehead atoms. The second kappa shape index (κ2) is 7.70. The van der Waals surface area contributed by atoms with Crippen LogP contribution in [0.1, 0.15) is 67.3 Å². The molecule has 2 aliphatic rings. The van der Waals surface area contributed by atoms with Crippen molar-refractivity contribution in [2.75, 3.05) is 20.3 Å². The minimum atomic E-state index is -0.834. The molecule has 1 aliphatic heterocycles. The molecule has 3 rings (SSSR count). The Morgan fingerprint density at radius 2 is 2.07 bits per heavy atom. The van der Waals surface area contributed by atoms with E-state index >= 15 is 0 Å². The van der Waals surface area contributed by atoms with E-state index in [2.05, 4.69) is 9.88 Å². The number of imide groups is 1. The topological polar surface area (TPSA) is 80.6 Å². The molecule has 1 aromatic rings. The zero-order valence-electron chi connectivity index (χ0n) is 17.5. The van der Waals surface area contributed by atoms with Gasteiger partial charge in [0.1, 0.15) is 5.54 Å². The van der Waals surface area contributed by atoms with Gasteiger partial charge >= 0.3 is 6.03 Å². The zero-order valence-corrected chi connectivity index (χ0v) is 17.5. The highest BCUT2D eigenvalue weighted by Gasteiger charge is 2.55. The maximum Gasteiger partial charge on any atom is 0.325 e. The molecule has 1 aliphatic carbocycles. The van der Waals surface area contributed by atoms with E-state index in [1.54, 1.807) is 7.11 Å². The van der Waals surface area contributed by atoms with Gasteiger partial charge in [0.15, 0.2) is 5.78 Å². The van der Waals surface area contributed by atoms with Gasteiger partial charge in [-0.05, 0) is 45.6 Å². The lowest BCUT2D eigenvalue weighted by Crippen LogP contribution is -2.54. The SMILES string of the molecule is COCC(C)n1c(C)cc(C(=O)CN2C(=O)NC3(CCCCC3C)C2=O)c1C. The second-order valence-electron chi connectivity index (χ2n) is 8.32. The van der Waals surface area contributed by atoms with E-state index in [1.165, 1.54) is 0 Å². The summed E-state index contributed by atoms with van der Waals surface area (Å²) >= 11 is 0. The van der Waals surface area contributed by atoms with Crippen LogP contribution in [0.25, 0.3) is 0 Å². The van der Waals surface area contributed by atoms with Crippen molar-refractivity contribution in [3.63, 3.8) is 0 Å². The van der Waals surface area contributed by atoms with E-state index in [4.69, 9.17) is 4.74 Å². The third kappa shape index (κ3) is 3.26. The molecule has 1 N–H and O–H groups in total. The number of Topliss-reactive ketones (excluding diaryl/α,β-unsaturated/α-hetero) is 1. The Kier molecular flexibility index (Phi) is 5.66. The molecule has 2 fully saturated rings. The number of aromatic nitrogens is 1. The molecule has 154 valence electrons. The standard InChI is InChI=1S/C21H31N3O4/c1-13-8-6-7-9-21(13)19(26)23(20(27)22-21)11-18(25)17-10-14(2)24(16(17)4)15(3)12-28-5/h10,13,15H,6-9,11-12H2,1-5H3,(H,22,27). The molecule has 3 unspecified atom stereocenters. The van der Waals surface area contributed by atoms with E-state index < -0.39 is 11.6 Å². The minimum absolute atomic E-state index is 0.0813. The zero-order chi connectivity index (χ0) is 20.6. The van der Waals surface area contributed by atoms with Gasteiger partial charge in [-0.3, -0.25) is 14.5 Å². The van der Waals surface area contributed by atoms with Crippen LogP contribution in [-0.2, 0) is 9.53 Å². The molecular weight excluding hydrogens is 358 g/mol. The third-order valence-electron chi connectivity index (χ3n) is 6.44. The molecule has 0 aromatic carbocycles. The summed E-state index contributed by atoms with van der Waals surface area (Å²) in [6.07, 6.45) is 3.53. The van der Waals surface area contributed by atoms with Gasteiger partial charge in [0.2, 0.25) is 0 Å². The quantitative estimate of drug-likeness (QED) is 0.599. The molecule has 1 saturated heterocycles. The number of amides is 3. The van der Waals surface area contributed by atoms with E-state index in [0.29, 0.717) is 18.6 Å². The number of hydrogen-bond acceptors (Lipinski definition) is 4. The van der Waals surface area contributed by atoms with Gasteiger partial charge in [-0.15, -0.1) is 0 Å². The Morgan fingerprint density at radius 3 is 2.71 bits per heavy atom. The number of carbonyl (C=O) groups is 3. The summed E-state index contributed by atoms with van der Waals surface area (Å²) < 4.78 is 7.30. The Hall–Kier alpha value is -2.15. The van der Waals surface area contributed by atoms with Gasteiger partial charge in [-0.1, -0.05) is 19.8 Å². The Bertz CT molecular complexity index is 800. The summed E-state index contributed by atoms with van der Waals surface area (Å²) in [6, 6.07) is 1.48. The van der Waals surface area contributed by atoms with Crippen LogP contribution in [0.4, 0.5) is 4.79 Å². The molecule has 2 heterocycles. The molecule has 7 nitrogen and oxygen atoms in total. The van der Waals surface area contributed by atoms with E-state index in [0.717, 1.165) is 35.6 Å². The molecular formula is C21H31N3O4. The van der Waals surface area contributed by atoms with Crippen molar-refractivity contribution >= 4 is 17.7 Å². The van der Waals surface area contributed by atoms with Crippen molar-refractivity contribution in [1.82, 2.24) is 14.8 Å². The molecule has 0 radical (unpaired) electrons. The summed E-state index contributed by atoms with van der Waals surface area (Å²) in [7, 11) is 1.65. The minimum Gasteiger partial charge on any atom is -0.383 e. The smallest absolute Gasteiger partial charge is 0.325 e. The van der Waals surface area contributed by atoms with Gasteiger partial charge in [0.25, 0.3) is 5.91 Å². The van der Waals surface area contributed by atoms with Crippen LogP contribution in [0.5, 0.6) is 0 Å². The van der Waals surface area contributed by atoms with Crippen LogP contribution in [0, 0.1) is 19.8 Å². The predicted octanol–water partition coefficient (Wildman–Crippen LogP) is 3.00. The lowest BCUT2D eigenvalue weighted by Gasteiger charge is -2.36. The number of urea groups is 1. The van der Waals surface area contributed by atoms with Gasteiger partial charge in [0, 0.05) is 24.1 Å². The fraction of sp³-hybridized carbons (Fsp3) is 0.667. The van der Waals surface area contributed by atoms with Gasteiger partial charge < -0.3 is 14.6 Å². The number of nitrogens with one attached hydrogen (secondary N) is 1. The first kappa shape index (κ1) is 20.6. The van der Waals surface area contributed by atoms with Crippen molar-refractivity contribution in [2.45, 2.75) is 65.0 Å². The Morgan fingerprint density at radius 1 is 1.36 bits per heavy atom. The van der Waals surface area contributed by atoms with Crippen LogP contribution in [-0.4, -0.2) is 53.0 Å². The number of carbonyl (C=O) groups excluding carboxylic acids is 3. The van der Waals surface area contributed by atoms with Crippen LogP contribution in [0.2, 0.25) is 0 Å². The molecule has 7 heteroatoms. The number of nitrogens with zero attached hydrogens (tertiary/aromatic N) is 2. The van der Waals surface area contributed by atoms with E-state index in [-0.39, 0.29) is 30.2 Å².